The van der Waals surface area contributed by atoms with Gasteiger partial charge in [-0.2, -0.15) is 0 Å². The van der Waals surface area contributed by atoms with Crippen LogP contribution in [0, 0.1) is 0 Å². The zero-order chi connectivity index (χ0) is 13.7. The summed E-state index contributed by atoms with van der Waals surface area (Å²) in [6.07, 6.45) is 3.65. The first-order valence-electron chi connectivity index (χ1n) is 7.15. The predicted octanol–water partition coefficient (Wildman–Crippen LogP) is 3.29. The number of hydrogen-bond donors (Lipinski definition) is 2. The summed E-state index contributed by atoms with van der Waals surface area (Å²) in [5.41, 5.74) is 0.985. The van der Waals surface area contributed by atoms with Gasteiger partial charge in [0.1, 0.15) is 5.75 Å². The van der Waals surface area contributed by atoms with Gasteiger partial charge in [-0.3, -0.25) is 0 Å². The molecule has 106 valence electrons. The van der Waals surface area contributed by atoms with Gasteiger partial charge in [-0.05, 0) is 50.6 Å². The summed E-state index contributed by atoms with van der Waals surface area (Å²) in [6, 6.07) is 5.85. The third-order valence-electron chi connectivity index (χ3n) is 3.79. The van der Waals surface area contributed by atoms with Crippen LogP contribution in [0.3, 0.4) is 0 Å². The number of phenolic OH excluding ortho intramolecular Hbond substituents is 1. The maximum absolute atomic E-state index is 9.98. The molecule has 4 heteroatoms. The monoisotopic (exact) mass is 326 g/mol. The molecule has 1 aliphatic rings. The van der Waals surface area contributed by atoms with E-state index in [1.165, 1.54) is 25.9 Å². The van der Waals surface area contributed by atoms with E-state index in [0.717, 1.165) is 29.5 Å². The molecule has 0 aromatic heterocycles. The Labute approximate surface area is 124 Å². The smallest absolute Gasteiger partial charge is 0.120 e. The summed E-state index contributed by atoms with van der Waals surface area (Å²) in [4.78, 5) is 2.50. The fourth-order valence-corrected chi connectivity index (χ4v) is 3.06. The number of phenols is 1. The molecule has 0 bridgehead atoms. The third kappa shape index (κ3) is 4.20. The number of rotatable bonds is 6. The van der Waals surface area contributed by atoms with E-state index in [1.807, 2.05) is 12.1 Å². The minimum atomic E-state index is 0.222. The second kappa shape index (κ2) is 7.27. The molecule has 0 radical (unpaired) electrons. The summed E-state index contributed by atoms with van der Waals surface area (Å²) >= 11 is 3.47. The van der Waals surface area contributed by atoms with Gasteiger partial charge in [0.2, 0.25) is 0 Å². The van der Waals surface area contributed by atoms with Gasteiger partial charge in [0.15, 0.2) is 0 Å². The van der Waals surface area contributed by atoms with Crippen LogP contribution in [-0.4, -0.2) is 36.2 Å². The molecule has 2 N–H and O–H groups in total. The minimum Gasteiger partial charge on any atom is -0.508 e. The molecule has 3 nitrogen and oxygen atoms in total. The maximum Gasteiger partial charge on any atom is 0.120 e. The molecule has 2 rings (SSSR count). The topological polar surface area (TPSA) is 35.5 Å². The lowest BCUT2D eigenvalue weighted by Gasteiger charge is -2.21. The molecule has 0 amide bonds. The second-order valence-electron chi connectivity index (χ2n) is 5.17. The first-order valence-corrected chi connectivity index (χ1v) is 7.94. The van der Waals surface area contributed by atoms with E-state index >= 15 is 0 Å². The van der Waals surface area contributed by atoms with E-state index in [9.17, 15) is 5.11 Å². The van der Waals surface area contributed by atoms with Crippen LogP contribution in [0.5, 0.6) is 5.75 Å². The number of likely N-dealkylation sites (tertiary alicyclic amines) is 1. The van der Waals surface area contributed by atoms with Crippen molar-refractivity contribution in [3.05, 3.63) is 28.2 Å². The van der Waals surface area contributed by atoms with Crippen LogP contribution in [0.1, 0.15) is 37.8 Å². The van der Waals surface area contributed by atoms with Crippen LogP contribution >= 0.6 is 15.9 Å². The Morgan fingerprint density at radius 2 is 2.11 bits per heavy atom. The zero-order valence-electron chi connectivity index (χ0n) is 11.5. The van der Waals surface area contributed by atoms with Crippen LogP contribution in [0.15, 0.2) is 22.7 Å². The molecule has 0 spiro atoms. The van der Waals surface area contributed by atoms with Crippen LogP contribution < -0.4 is 5.32 Å². The van der Waals surface area contributed by atoms with E-state index in [4.69, 9.17) is 0 Å². The molecule has 0 saturated carbocycles. The van der Waals surface area contributed by atoms with Gasteiger partial charge in [-0.25, -0.2) is 0 Å². The van der Waals surface area contributed by atoms with Gasteiger partial charge in [0.25, 0.3) is 0 Å². The molecule has 1 saturated heterocycles. The van der Waals surface area contributed by atoms with Crippen LogP contribution in [-0.2, 0) is 0 Å². The number of nitrogens with one attached hydrogen (secondary N) is 1. The van der Waals surface area contributed by atoms with E-state index < -0.39 is 0 Å². The second-order valence-corrected chi connectivity index (χ2v) is 6.08. The lowest BCUT2D eigenvalue weighted by molar-refractivity contribution is 0.325. The third-order valence-corrected chi connectivity index (χ3v) is 4.28. The molecular formula is C15H23BrN2O. The molecule has 19 heavy (non-hydrogen) atoms. The Hall–Kier alpha value is -0.580. The van der Waals surface area contributed by atoms with Crippen molar-refractivity contribution < 1.29 is 5.11 Å². The van der Waals surface area contributed by atoms with Gasteiger partial charge in [0.05, 0.1) is 0 Å². The fraction of sp³-hybridized carbons (Fsp3) is 0.600. The highest BCUT2D eigenvalue weighted by Gasteiger charge is 2.15. The number of benzene rings is 1. The minimum absolute atomic E-state index is 0.222. The highest BCUT2D eigenvalue weighted by molar-refractivity contribution is 9.10. The SMILES string of the molecule is CCC(NCCN1CCCC1)c1cc(Br)ccc1O. The van der Waals surface area contributed by atoms with Gasteiger partial charge in [0, 0.05) is 29.2 Å². The normalized spacial score (nSPS) is 17.8. The zero-order valence-corrected chi connectivity index (χ0v) is 13.1. The lowest BCUT2D eigenvalue weighted by atomic mass is 10.0. The standard InChI is InChI=1S/C15H23BrN2O/c1-2-14(13-11-12(16)5-6-15(13)19)17-7-10-18-8-3-4-9-18/h5-6,11,14,17,19H,2-4,7-10H2,1H3. The Morgan fingerprint density at radius 1 is 1.37 bits per heavy atom. The molecule has 1 aliphatic heterocycles. The maximum atomic E-state index is 9.98. The van der Waals surface area contributed by atoms with Gasteiger partial charge in [-0.1, -0.05) is 22.9 Å². The van der Waals surface area contributed by atoms with Crippen molar-refractivity contribution in [2.24, 2.45) is 0 Å². The van der Waals surface area contributed by atoms with Crippen LogP contribution in [0.25, 0.3) is 0 Å². The van der Waals surface area contributed by atoms with Crippen molar-refractivity contribution in [2.75, 3.05) is 26.2 Å². The average molecular weight is 327 g/mol. The van der Waals surface area contributed by atoms with Crippen LogP contribution in [0.2, 0.25) is 0 Å². The van der Waals surface area contributed by atoms with E-state index in [0.29, 0.717) is 5.75 Å². The lowest BCUT2D eigenvalue weighted by Crippen LogP contribution is -2.32. The number of aromatic hydroxyl groups is 1. The Kier molecular flexibility index (Phi) is 5.67. The molecule has 1 unspecified atom stereocenters. The first kappa shape index (κ1) is 14.8. The molecule has 1 aromatic carbocycles. The van der Waals surface area contributed by atoms with Crippen LogP contribution in [0.4, 0.5) is 0 Å². The van der Waals surface area contributed by atoms with E-state index in [2.05, 4.69) is 33.1 Å². The Bertz CT molecular complexity index is 405. The Morgan fingerprint density at radius 3 is 2.79 bits per heavy atom. The molecule has 1 heterocycles. The van der Waals surface area contributed by atoms with Gasteiger partial charge < -0.3 is 15.3 Å². The fourth-order valence-electron chi connectivity index (χ4n) is 2.68. The molecule has 0 aliphatic carbocycles. The highest BCUT2D eigenvalue weighted by Crippen LogP contribution is 2.29. The highest BCUT2D eigenvalue weighted by atomic mass is 79.9. The molecule has 1 fully saturated rings. The summed E-state index contributed by atoms with van der Waals surface area (Å²) in [6.45, 7) is 6.70. The van der Waals surface area contributed by atoms with Crippen molar-refractivity contribution in [3.63, 3.8) is 0 Å². The van der Waals surface area contributed by atoms with Crippen molar-refractivity contribution in [2.45, 2.75) is 32.2 Å². The first-order chi connectivity index (χ1) is 9.20. The van der Waals surface area contributed by atoms with Crippen molar-refractivity contribution in [3.8, 4) is 5.75 Å². The average Bonchev–Trinajstić information content (AvgIpc) is 2.91. The van der Waals surface area contributed by atoms with Crippen molar-refractivity contribution >= 4 is 15.9 Å². The van der Waals surface area contributed by atoms with E-state index in [1.54, 1.807) is 6.07 Å². The summed E-state index contributed by atoms with van der Waals surface area (Å²) in [7, 11) is 0. The predicted molar refractivity (Wildman–Crippen MR) is 82.5 cm³/mol. The molecule has 1 atom stereocenters. The van der Waals surface area contributed by atoms with E-state index in [-0.39, 0.29) is 6.04 Å². The van der Waals surface area contributed by atoms with Crippen molar-refractivity contribution in [1.29, 1.82) is 0 Å². The number of hydrogen-bond acceptors (Lipinski definition) is 3. The Balaban J connectivity index is 1.89. The summed E-state index contributed by atoms with van der Waals surface area (Å²) in [5, 5.41) is 13.5. The summed E-state index contributed by atoms with van der Waals surface area (Å²) < 4.78 is 1.01. The quantitative estimate of drug-likeness (QED) is 0.842. The number of halogens is 1. The van der Waals surface area contributed by atoms with Gasteiger partial charge in [-0.15, -0.1) is 0 Å². The number of nitrogens with zero attached hydrogens (tertiary/aromatic N) is 1. The largest absolute Gasteiger partial charge is 0.508 e. The molecule has 1 aromatic rings. The van der Waals surface area contributed by atoms with Crippen molar-refractivity contribution in [1.82, 2.24) is 10.2 Å². The summed E-state index contributed by atoms with van der Waals surface area (Å²) in [5.74, 6) is 0.378. The van der Waals surface area contributed by atoms with Gasteiger partial charge >= 0.3 is 0 Å². The molecular weight excluding hydrogens is 304 g/mol.